The molecule has 0 saturated carbocycles. The van der Waals surface area contributed by atoms with Crippen LogP contribution in [0.2, 0.25) is 0 Å². The molecule has 0 spiro atoms. The molecule has 1 aliphatic rings. The van der Waals surface area contributed by atoms with Crippen molar-refractivity contribution in [2.45, 2.75) is 9.79 Å². The molecule has 0 bridgehead atoms. The second-order valence-electron chi connectivity index (χ2n) is 6.74. The minimum absolute atomic E-state index is 0.169. The number of hydrogen-bond acceptors (Lipinski definition) is 6. The Hall–Kier alpha value is -2.43. The van der Waals surface area contributed by atoms with E-state index in [1.807, 2.05) is 17.0 Å². The van der Waals surface area contributed by atoms with Gasteiger partial charge in [0.25, 0.3) is 5.91 Å². The number of sulfone groups is 1. The highest BCUT2D eigenvalue weighted by molar-refractivity contribution is 7.93. The van der Waals surface area contributed by atoms with E-state index >= 15 is 0 Å². The van der Waals surface area contributed by atoms with Gasteiger partial charge in [-0.2, -0.15) is 4.31 Å². The summed E-state index contributed by atoms with van der Waals surface area (Å²) in [5.74, 6) is -0.169. The fourth-order valence-electron chi connectivity index (χ4n) is 3.26. The molecule has 1 aliphatic heterocycles. The lowest BCUT2D eigenvalue weighted by Gasteiger charge is -2.35. The van der Waals surface area contributed by atoms with Gasteiger partial charge in [0.05, 0.1) is 4.90 Å². The number of anilines is 1. The van der Waals surface area contributed by atoms with E-state index in [0.29, 0.717) is 18.7 Å². The zero-order valence-electron chi connectivity index (χ0n) is 16.2. The number of carbonyl (C=O) groups is 1. The third-order valence-electron chi connectivity index (χ3n) is 4.83. The first-order valence-corrected chi connectivity index (χ1v) is 12.3. The zero-order valence-corrected chi connectivity index (χ0v) is 17.8. The zero-order chi connectivity index (χ0) is 21.2. The highest BCUT2D eigenvalue weighted by Gasteiger charge is 2.32. The van der Waals surface area contributed by atoms with Crippen LogP contribution in [0, 0.1) is 0 Å². The molecule has 1 N–H and O–H groups in total. The van der Waals surface area contributed by atoms with Gasteiger partial charge >= 0.3 is 0 Å². The summed E-state index contributed by atoms with van der Waals surface area (Å²) < 4.78 is 51.4. The summed E-state index contributed by atoms with van der Waals surface area (Å²) in [7, 11) is -6.03. The molecule has 1 fully saturated rings. The number of piperazine rings is 1. The maximum absolute atomic E-state index is 13.0. The molecule has 10 heteroatoms. The molecule has 2 aromatic carbocycles. The summed E-state index contributed by atoms with van der Waals surface area (Å²) >= 11 is 0. The van der Waals surface area contributed by atoms with Crippen molar-refractivity contribution < 1.29 is 21.6 Å². The summed E-state index contributed by atoms with van der Waals surface area (Å²) in [6.45, 7) is 1.38. The van der Waals surface area contributed by atoms with E-state index in [-0.39, 0.29) is 28.8 Å². The van der Waals surface area contributed by atoms with E-state index in [2.05, 4.69) is 5.32 Å². The normalized spacial score (nSPS) is 15.9. The van der Waals surface area contributed by atoms with Crippen LogP contribution in [0.1, 0.15) is 10.4 Å². The number of sulfonamides is 1. The number of amides is 1. The van der Waals surface area contributed by atoms with Gasteiger partial charge in [-0.25, -0.2) is 16.8 Å². The van der Waals surface area contributed by atoms with Gasteiger partial charge in [0.15, 0.2) is 9.84 Å². The Bertz CT molecular complexity index is 1100. The summed E-state index contributed by atoms with van der Waals surface area (Å²) in [6, 6.07) is 12.8. The second-order valence-corrected chi connectivity index (χ2v) is 10.6. The van der Waals surface area contributed by atoms with Crippen molar-refractivity contribution in [3.8, 4) is 0 Å². The van der Waals surface area contributed by atoms with Crippen LogP contribution in [-0.2, 0) is 19.9 Å². The predicted octanol–water partition coefficient (Wildman–Crippen LogP) is 0.961. The second kappa shape index (κ2) is 8.13. The van der Waals surface area contributed by atoms with Gasteiger partial charge < -0.3 is 10.2 Å². The Balaban J connectivity index is 1.76. The lowest BCUT2D eigenvalue weighted by molar-refractivity contribution is 0.0963. The summed E-state index contributed by atoms with van der Waals surface area (Å²) in [4.78, 5) is 13.3. The topological polar surface area (TPSA) is 104 Å². The molecular formula is C19H23N3O5S2. The number of rotatable bonds is 5. The lowest BCUT2D eigenvalue weighted by atomic mass is 10.1. The third kappa shape index (κ3) is 4.44. The fourth-order valence-corrected chi connectivity index (χ4v) is 6.29. The molecule has 2 aromatic rings. The lowest BCUT2D eigenvalue weighted by Crippen LogP contribution is -2.48. The molecule has 0 aromatic heterocycles. The van der Waals surface area contributed by atoms with Crippen molar-refractivity contribution in [2.24, 2.45) is 0 Å². The first-order valence-electron chi connectivity index (χ1n) is 9.01. The number of nitrogens with one attached hydrogen (secondary N) is 1. The van der Waals surface area contributed by atoms with E-state index in [1.54, 1.807) is 19.2 Å². The number of hydrogen-bond donors (Lipinski definition) is 1. The van der Waals surface area contributed by atoms with Crippen LogP contribution in [0.5, 0.6) is 0 Å². The summed E-state index contributed by atoms with van der Waals surface area (Å²) in [5.41, 5.74) is 1.45. The van der Waals surface area contributed by atoms with Crippen LogP contribution in [0.3, 0.4) is 0 Å². The largest absolute Gasteiger partial charge is 0.369 e. The smallest absolute Gasteiger partial charge is 0.251 e. The first kappa shape index (κ1) is 21.3. The molecule has 156 valence electrons. The van der Waals surface area contributed by atoms with E-state index in [0.717, 1.165) is 11.9 Å². The van der Waals surface area contributed by atoms with E-state index in [9.17, 15) is 21.6 Å². The van der Waals surface area contributed by atoms with Crippen LogP contribution in [0.4, 0.5) is 5.69 Å². The SMILES string of the molecule is CNC(=O)c1ccc(N2CCN(S(=O)(=O)c3ccccc3S(C)(=O)=O)CC2)cc1. The molecule has 1 amide bonds. The highest BCUT2D eigenvalue weighted by atomic mass is 32.2. The van der Waals surface area contributed by atoms with Crippen molar-refractivity contribution >= 4 is 31.5 Å². The Labute approximate surface area is 171 Å². The highest BCUT2D eigenvalue weighted by Crippen LogP contribution is 2.26. The predicted molar refractivity (Wildman–Crippen MR) is 110 cm³/mol. The Morgan fingerprint density at radius 3 is 1.93 bits per heavy atom. The van der Waals surface area contributed by atoms with Crippen molar-refractivity contribution in [3.05, 3.63) is 54.1 Å². The first-order chi connectivity index (χ1) is 13.6. The Morgan fingerprint density at radius 1 is 0.862 bits per heavy atom. The molecule has 0 radical (unpaired) electrons. The fraction of sp³-hybridized carbons (Fsp3) is 0.316. The maximum Gasteiger partial charge on any atom is 0.251 e. The van der Waals surface area contributed by atoms with Crippen molar-refractivity contribution in [2.75, 3.05) is 44.4 Å². The van der Waals surface area contributed by atoms with Gasteiger partial charge in [-0.1, -0.05) is 12.1 Å². The van der Waals surface area contributed by atoms with Crippen molar-refractivity contribution in [3.63, 3.8) is 0 Å². The molecule has 8 nitrogen and oxygen atoms in total. The summed E-state index contributed by atoms with van der Waals surface area (Å²) in [5, 5.41) is 2.56. The van der Waals surface area contributed by atoms with E-state index < -0.39 is 19.9 Å². The van der Waals surface area contributed by atoms with Crippen molar-refractivity contribution in [1.82, 2.24) is 9.62 Å². The molecular weight excluding hydrogens is 414 g/mol. The maximum atomic E-state index is 13.0. The molecule has 3 rings (SSSR count). The minimum atomic E-state index is -3.93. The molecule has 1 saturated heterocycles. The molecule has 0 atom stereocenters. The number of benzene rings is 2. The summed E-state index contributed by atoms with van der Waals surface area (Å²) in [6.07, 6.45) is 1.00. The Kier molecular flexibility index (Phi) is 5.97. The van der Waals surface area contributed by atoms with E-state index in [4.69, 9.17) is 0 Å². The van der Waals surface area contributed by atoms with Crippen LogP contribution in [0.15, 0.2) is 58.3 Å². The van der Waals surface area contributed by atoms with E-state index in [1.165, 1.54) is 28.6 Å². The van der Waals surface area contributed by atoms with Gasteiger partial charge in [-0.15, -0.1) is 0 Å². The minimum Gasteiger partial charge on any atom is -0.369 e. The van der Waals surface area contributed by atoms with Gasteiger partial charge in [-0.05, 0) is 36.4 Å². The van der Waals surface area contributed by atoms with Crippen LogP contribution < -0.4 is 10.2 Å². The third-order valence-corrected chi connectivity index (χ3v) is 8.07. The number of carbonyl (C=O) groups excluding carboxylic acids is 1. The quantitative estimate of drug-likeness (QED) is 0.747. The molecule has 29 heavy (non-hydrogen) atoms. The Morgan fingerprint density at radius 2 is 1.41 bits per heavy atom. The average molecular weight is 438 g/mol. The molecule has 0 unspecified atom stereocenters. The monoisotopic (exact) mass is 437 g/mol. The van der Waals surface area contributed by atoms with Gasteiger partial charge in [0.2, 0.25) is 10.0 Å². The van der Waals surface area contributed by atoms with Gasteiger partial charge in [0, 0.05) is 50.7 Å². The average Bonchev–Trinajstić information content (AvgIpc) is 2.73. The van der Waals surface area contributed by atoms with Gasteiger partial charge in [0.1, 0.15) is 4.90 Å². The number of nitrogens with zero attached hydrogens (tertiary/aromatic N) is 2. The molecule has 0 aliphatic carbocycles. The van der Waals surface area contributed by atoms with Crippen molar-refractivity contribution in [1.29, 1.82) is 0 Å². The standard InChI is InChI=1S/C19H23N3O5S2/c1-20-19(23)15-7-9-16(10-8-15)21-11-13-22(14-12-21)29(26,27)18-6-4-3-5-17(18)28(2,24)25/h3-10H,11-14H2,1-2H3,(H,20,23). The van der Waals surface area contributed by atoms with Gasteiger partial charge in [-0.3, -0.25) is 4.79 Å². The van der Waals surface area contributed by atoms with Crippen LogP contribution >= 0.6 is 0 Å². The molecule has 1 heterocycles. The van der Waals surface area contributed by atoms with Crippen LogP contribution in [0.25, 0.3) is 0 Å². The van der Waals surface area contributed by atoms with Crippen LogP contribution in [-0.4, -0.2) is 66.5 Å².